The van der Waals surface area contributed by atoms with Gasteiger partial charge in [0.15, 0.2) is 0 Å². The molecule has 0 saturated carbocycles. The van der Waals surface area contributed by atoms with Crippen LogP contribution in [0.15, 0.2) is 66.9 Å². The summed E-state index contributed by atoms with van der Waals surface area (Å²) in [5, 5.41) is 16.8. The predicted molar refractivity (Wildman–Crippen MR) is 124 cm³/mol. The van der Waals surface area contributed by atoms with Crippen LogP contribution in [0.5, 0.6) is 0 Å². The second kappa shape index (κ2) is 9.94. The SMILES string of the molecule is O=C(O)Cc1ccc(CCN[C@H](c2ccccc2)[C@H]2CNc3cccnc3C2)c(Cl)c1. The molecular formula is C25H26ClN3O2. The van der Waals surface area contributed by atoms with Crippen molar-refractivity contribution in [3.05, 3.63) is 94.3 Å². The van der Waals surface area contributed by atoms with Gasteiger partial charge in [-0.15, -0.1) is 0 Å². The van der Waals surface area contributed by atoms with Gasteiger partial charge < -0.3 is 15.7 Å². The van der Waals surface area contributed by atoms with Crippen LogP contribution in [-0.2, 0) is 24.1 Å². The summed E-state index contributed by atoms with van der Waals surface area (Å²) < 4.78 is 0. The number of carbonyl (C=O) groups is 1. The molecule has 0 fully saturated rings. The maximum Gasteiger partial charge on any atom is 0.307 e. The average molecular weight is 436 g/mol. The van der Waals surface area contributed by atoms with Crippen LogP contribution in [0.2, 0.25) is 5.02 Å². The molecule has 1 aromatic heterocycles. The molecule has 5 nitrogen and oxygen atoms in total. The summed E-state index contributed by atoms with van der Waals surface area (Å²) in [6.45, 7) is 1.65. The topological polar surface area (TPSA) is 74.2 Å². The molecule has 0 radical (unpaired) electrons. The number of rotatable bonds is 8. The van der Waals surface area contributed by atoms with Gasteiger partial charge in [-0.3, -0.25) is 9.78 Å². The van der Waals surface area contributed by atoms with Gasteiger partial charge in [0.2, 0.25) is 0 Å². The number of hydrogen-bond acceptors (Lipinski definition) is 4. The highest BCUT2D eigenvalue weighted by Crippen LogP contribution is 2.31. The lowest BCUT2D eigenvalue weighted by molar-refractivity contribution is -0.136. The third-order valence-corrected chi connectivity index (χ3v) is 6.11. The monoisotopic (exact) mass is 435 g/mol. The van der Waals surface area contributed by atoms with Gasteiger partial charge in [0, 0.05) is 29.7 Å². The normalized spacial score (nSPS) is 16.2. The second-order valence-corrected chi connectivity index (χ2v) is 8.34. The Bertz CT molecular complexity index is 1040. The summed E-state index contributed by atoms with van der Waals surface area (Å²) in [5.41, 5.74) is 5.23. The highest BCUT2D eigenvalue weighted by atomic mass is 35.5. The molecule has 0 saturated heterocycles. The van der Waals surface area contributed by atoms with Crippen LogP contribution >= 0.6 is 11.6 Å². The summed E-state index contributed by atoms with van der Waals surface area (Å²) in [6, 6.07) is 20.3. The van der Waals surface area contributed by atoms with Gasteiger partial charge in [0.25, 0.3) is 0 Å². The number of carboxylic acids is 1. The third kappa shape index (κ3) is 5.43. The predicted octanol–water partition coefficient (Wildman–Crippen LogP) is 4.52. The smallest absolute Gasteiger partial charge is 0.307 e. The summed E-state index contributed by atoms with van der Waals surface area (Å²) >= 11 is 6.41. The summed E-state index contributed by atoms with van der Waals surface area (Å²) in [4.78, 5) is 15.5. The Balaban J connectivity index is 1.45. The molecule has 0 amide bonds. The number of benzene rings is 2. The quantitative estimate of drug-likeness (QED) is 0.485. The molecule has 0 unspecified atom stereocenters. The number of carboxylic acid groups (broad SMARTS) is 1. The highest BCUT2D eigenvalue weighted by Gasteiger charge is 2.27. The number of nitrogens with one attached hydrogen (secondary N) is 2. The summed E-state index contributed by atoms with van der Waals surface area (Å²) in [7, 11) is 0. The van der Waals surface area contributed by atoms with E-state index in [1.807, 2.05) is 30.5 Å². The number of aliphatic carboxylic acids is 1. The lowest BCUT2D eigenvalue weighted by Crippen LogP contribution is -2.37. The van der Waals surface area contributed by atoms with E-state index in [0.29, 0.717) is 10.9 Å². The lowest BCUT2D eigenvalue weighted by atomic mass is 9.86. The number of pyridine rings is 1. The number of nitrogens with zero attached hydrogens (tertiary/aromatic N) is 1. The van der Waals surface area contributed by atoms with Crippen molar-refractivity contribution in [2.24, 2.45) is 5.92 Å². The molecule has 1 aliphatic heterocycles. The Morgan fingerprint density at radius 1 is 1.19 bits per heavy atom. The fraction of sp³-hybridized carbons (Fsp3) is 0.280. The Hall–Kier alpha value is -2.89. The summed E-state index contributed by atoms with van der Waals surface area (Å²) in [6.07, 6.45) is 3.52. The zero-order valence-corrected chi connectivity index (χ0v) is 18.0. The van der Waals surface area contributed by atoms with Crippen LogP contribution in [0.1, 0.15) is 28.4 Å². The molecule has 3 aromatic rings. The Kier molecular flexibility index (Phi) is 6.85. The number of anilines is 1. The zero-order chi connectivity index (χ0) is 21.6. The molecule has 2 atom stereocenters. The van der Waals surface area contributed by atoms with Gasteiger partial charge in [0.05, 0.1) is 17.8 Å². The largest absolute Gasteiger partial charge is 0.481 e. The molecule has 0 aliphatic carbocycles. The van der Waals surface area contributed by atoms with Crippen LogP contribution in [0.4, 0.5) is 5.69 Å². The minimum absolute atomic E-state index is 0.0154. The number of aromatic nitrogens is 1. The fourth-order valence-corrected chi connectivity index (χ4v) is 4.51. The molecule has 3 N–H and O–H groups in total. The standard InChI is InChI=1S/C25H26ClN3O2/c26-21-13-17(14-24(30)31)8-9-18(21)10-12-28-25(19-5-2-1-3-6-19)20-15-23-22(29-16-20)7-4-11-27-23/h1-9,11,13,20,25,28-29H,10,12,14-16H2,(H,30,31)/t20-,25-/m1/s1. The van der Waals surface area contributed by atoms with Crippen molar-refractivity contribution in [1.29, 1.82) is 0 Å². The number of fused-ring (bicyclic) bond motifs is 1. The molecule has 31 heavy (non-hydrogen) atoms. The number of halogens is 1. The Labute approximate surface area is 187 Å². The minimum Gasteiger partial charge on any atom is -0.481 e. The van der Waals surface area contributed by atoms with Crippen LogP contribution in [-0.4, -0.2) is 29.1 Å². The van der Waals surface area contributed by atoms with E-state index in [4.69, 9.17) is 16.7 Å². The van der Waals surface area contributed by atoms with Crippen molar-refractivity contribution in [2.75, 3.05) is 18.4 Å². The first-order valence-corrected chi connectivity index (χ1v) is 10.9. The van der Waals surface area contributed by atoms with Crippen LogP contribution in [0.3, 0.4) is 0 Å². The molecule has 2 aromatic carbocycles. The van der Waals surface area contributed by atoms with E-state index in [2.05, 4.69) is 45.9 Å². The van der Waals surface area contributed by atoms with Gasteiger partial charge in [-0.25, -0.2) is 0 Å². The van der Waals surface area contributed by atoms with Crippen LogP contribution in [0, 0.1) is 5.92 Å². The van der Waals surface area contributed by atoms with Crippen molar-refractivity contribution in [1.82, 2.24) is 10.3 Å². The second-order valence-electron chi connectivity index (χ2n) is 7.93. The first kappa shape index (κ1) is 21.3. The van der Waals surface area contributed by atoms with Crippen molar-refractivity contribution in [3.8, 4) is 0 Å². The molecule has 0 bridgehead atoms. The van der Waals surface area contributed by atoms with E-state index in [0.717, 1.165) is 48.4 Å². The molecule has 2 heterocycles. The lowest BCUT2D eigenvalue weighted by Gasteiger charge is -2.33. The van der Waals surface area contributed by atoms with Crippen molar-refractivity contribution >= 4 is 23.3 Å². The van der Waals surface area contributed by atoms with Gasteiger partial charge in [-0.1, -0.05) is 54.1 Å². The third-order valence-electron chi connectivity index (χ3n) is 5.76. The van der Waals surface area contributed by atoms with E-state index in [9.17, 15) is 4.79 Å². The van der Waals surface area contributed by atoms with E-state index in [-0.39, 0.29) is 12.5 Å². The first-order chi connectivity index (χ1) is 15.1. The highest BCUT2D eigenvalue weighted by molar-refractivity contribution is 6.31. The number of hydrogen-bond donors (Lipinski definition) is 3. The van der Waals surface area contributed by atoms with Crippen LogP contribution < -0.4 is 10.6 Å². The maximum absolute atomic E-state index is 10.9. The van der Waals surface area contributed by atoms with Gasteiger partial charge in [-0.2, -0.15) is 0 Å². The molecule has 160 valence electrons. The fourth-order valence-electron chi connectivity index (χ4n) is 4.22. The van der Waals surface area contributed by atoms with E-state index in [1.165, 1.54) is 5.56 Å². The average Bonchev–Trinajstić information content (AvgIpc) is 2.78. The molecule has 6 heteroatoms. The first-order valence-electron chi connectivity index (χ1n) is 10.6. The van der Waals surface area contributed by atoms with Crippen molar-refractivity contribution < 1.29 is 9.90 Å². The van der Waals surface area contributed by atoms with Crippen molar-refractivity contribution in [2.45, 2.75) is 25.3 Å². The van der Waals surface area contributed by atoms with E-state index >= 15 is 0 Å². The molecule has 1 aliphatic rings. The Morgan fingerprint density at radius 2 is 2.03 bits per heavy atom. The van der Waals surface area contributed by atoms with E-state index < -0.39 is 5.97 Å². The molecule has 4 rings (SSSR count). The molecular weight excluding hydrogens is 410 g/mol. The van der Waals surface area contributed by atoms with E-state index in [1.54, 1.807) is 6.07 Å². The van der Waals surface area contributed by atoms with Crippen LogP contribution in [0.25, 0.3) is 0 Å². The van der Waals surface area contributed by atoms with Crippen molar-refractivity contribution in [3.63, 3.8) is 0 Å². The van der Waals surface area contributed by atoms with Gasteiger partial charge >= 0.3 is 5.97 Å². The Morgan fingerprint density at radius 3 is 2.81 bits per heavy atom. The maximum atomic E-state index is 10.9. The molecule has 0 spiro atoms. The zero-order valence-electron chi connectivity index (χ0n) is 17.2. The van der Waals surface area contributed by atoms with Gasteiger partial charge in [0.1, 0.15) is 0 Å². The summed E-state index contributed by atoms with van der Waals surface area (Å²) in [5.74, 6) is -0.480. The van der Waals surface area contributed by atoms with Gasteiger partial charge in [-0.05, 0) is 54.3 Å². The minimum atomic E-state index is -0.853.